The van der Waals surface area contributed by atoms with Crippen molar-refractivity contribution < 1.29 is 9.53 Å². The zero-order chi connectivity index (χ0) is 12.7. The highest BCUT2D eigenvalue weighted by atomic mass is 16.5. The smallest absolute Gasteiger partial charge is 0.307 e. The number of nitrogens with two attached hydrogens (primary N) is 1. The van der Waals surface area contributed by atoms with Gasteiger partial charge in [0.1, 0.15) is 0 Å². The van der Waals surface area contributed by atoms with E-state index in [-0.39, 0.29) is 18.4 Å². The molecule has 0 bridgehead atoms. The Morgan fingerprint density at radius 1 is 1.29 bits per heavy atom. The minimum Gasteiger partial charge on any atom is -0.469 e. The Hall–Kier alpha value is -1.35. The molecule has 1 aromatic carbocycles. The van der Waals surface area contributed by atoms with Crippen molar-refractivity contribution in [3.63, 3.8) is 0 Å². The third-order valence-corrected chi connectivity index (χ3v) is 2.72. The molecule has 1 aromatic rings. The Kier molecular flexibility index (Phi) is 5.70. The molecule has 3 heteroatoms. The van der Waals surface area contributed by atoms with Crippen LogP contribution in [0.3, 0.4) is 0 Å². The third kappa shape index (κ3) is 5.00. The van der Waals surface area contributed by atoms with E-state index in [2.05, 4.69) is 35.9 Å². The van der Waals surface area contributed by atoms with E-state index >= 15 is 0 Å². The second-order valence-electron chi connectivity index (χ2n) is 4.31. The predicted molar refractivity (Wildman–Crippen MR) is 68.7 cm³/mol. The van der Waals surface area contributed by atoms with Gasteiger partial charge in [0.15, 0.2) is 0 Å². The topological polar surface area (TPSA) is 52.3 Å². The number of ether oxygens (including phenoxy) is 1. The van der Waals surface area contributed by atoms with Crippen LogP contribution in [-0.4, -0.2) is 19.1 Å². The number of benzene rings is 1. The van der Waals surface area contributed by atoms with E-state index in [1.165, 1.54) is 18.2 Å². The Morgan fingerprint density at radius 2 is 1.88 bits per heavy atom. The van der Waals surface area contributed by atoms with E-state index in [4.69, 9.17) is 5.73 Å². The molecule has 0 spiro atoms. The van der Waals surface area contributed by atoms with Crippen molar-refractivity contribution in [2.24, 2.45) is 5.73 Å². The summed E-state index contributed by atoms with van der Waals surface area (Å²) in [5.74, 6) is -0.250. The number of hydrogen-bond donors (Lipinski definition) is 1. The molecule has 0 aromatic heterocycles. The lowest BCUT2D eigenvalue weighted by atomic mass is 10.0. The highest BCUT2D eigenvalue weighted by molar-refractivity contribution is 5.69. The first-order chi connectivity index (χ1) is 8.15. The van der Waals surface area contributed by atoms with Gasteiger partial charge in [-0.2, -0.15) is 0 Å². The number of rotatable bonds is 6. The highest BCUT2D eigenvalue weighted by Gasteiger charge is 2.10. The molecule has 0 aliphatic rings. The van der Waals surface area contributed by atoms with Crippen molar-refractivity contribution in [3.05, 3.63) is 35.4 Å². The summed E-state index contributed by atoms with van der Waals surface area (Å²) in [7, 11) is 1.38. The van der Waals surface area contributed by atoms with Crippen molar-refractivity contribution in [2.75, 3.05) is 7.11 Å². The summed E-state index contributed by atoms with van der Waals surface area (Å²) in [6.07, 6.45) is 3.24. The lowest BCUT2D eigenvalue weighted by Gasteiger charge is -2.10. The molecule has 94 valence electrons. The minimum atomic E-state index is -0.250. The number of hydrogen-bond acceptors (Lipinski definition) is 3. The van der Waals surface area contributed by atoms with Crippen LogP contribution in [0.2, 0.25) is 0 Å². The van der Waals surface area contributed by atoms with Gasteiger partial charge in [-0.05, 0) is 24.0 Å². The number of carbonyl (C=O) groups excluding carboxylic acids is 1. The molecule has 0 saturated carbocycles. The Balaban J connectivity index is 2.48. The van der Waals surface area contributed by atoms with Gasteiger partial charge in [0.2, 0.25) is 0 Å². The summed E-state index contributed by atoms with van der Waals surface area (Å²) >= 11 is 0. The molecule has 1 unspecified atom stereocenters. The van der Waals surface area contributed by atoms with Crippen molar-refractivity contribution in [1.29, 1.82) is 0 Å². The summed E-state index contributed by atoms with van der Waals surface area (Å²) in [4.78, 5) is 11.0. The zero-order valence-electron chi connectivity index (χ0n) is 10.6. The average molecular weight is 235 g/mol. The lowest BCUT2D eigenvalue weighted by Crippen LogP contribution is -2.26. The van der Waals surface area contributed by atoms with Crippen LogP contribution in [0.1, 0.15) is 30.9 Å². The third-order valence-electron chi connectivity index (χ3n) is 2.72. The van der Waals surface area contributed by atoms with Gasteiger partial charge < -0.3 is 10.5 Å². The molecule has 0 radical (unpaired) electrons. The Labute approximate surface area is 103 Å². The van der Waals surface area contributed by atoms with Crippen LogP contribution in [0, 0.1) is 0 Å². The van der Waals surface area contributed by atoms with E-state index in [0.717, 1.165) is 12.8 Å². The van der Waals surface area contributed by atoms with Gasteiger partial charge in [-0.3, -0.25) is 4.79 Å². The molecule has 0 amide bonds. The van der Waals surface area contributed by atoms with Crippen LogP contribution in [0.4, 0.5) is 0 Å². The van der Waals surface area contributed by atoms with Crippen molar-refractivity contribution in [2.45, 2.75) is 38.6 Å². The first-order valence-electron chi connectivity index (χ1n) is 6.06. The molecular weight excluding hydrogens is 214 g/mol. The van der Waals surface area contributed by atoms with Crippen molar-refractivity contribution in [3.8, 4) is 0 Å². The first kappa shape index (κ1) is 13.7. The second kappa shape index (κ2) is 7.07. The number of carbonyl (C=O) groups is 1. The van der Waals surface area contributed by atoms with Crippen LogP contribution in [0.5, 0.6) is 0 Å². The fourth-order valence-corrected chi connectivity index (χ4v) is 1.80. The number of esters is 1. The number of aryl methyl sites for hydroxylation is 1. The maximum Gasteiger partial charge on any atom is 0.307 e. The molecule has 0 aliphatic carbocycles. The van der Waals surface area contributed by atoms with Gasteiger partial charge in [-0.15, -0.1) is 0 Å². The monoisotopic (exact) mass is 235 g/mol. The summed E-state index contributed by atoms with van der Waals surface area (Å²) in [5.41, 5.74) is 8.39. The molecule has 1 rings (SSSR count). The van der Waals surface area contributed by atoms with Gasteiger partial charge >= 0.3 is 5.97 Å². The van der Waals surface area contributed by atoms with Crippen LogP contribution < -0.4 is 5.73 Å². The van der Waals surface area contributed by atoms with E-state index in [0.29, 0.717) is 6.42 Å². The van der Waals surface area contributed by atoms with Crippen LogP contribution in [-0.2, 0) is 22.4 Å². The van der Waals surface area contributed by atoms with Crippen molar-refractivity contribution in [1.82, 2.24) is 0 Å². The van der Waals surface area contributed by atoms with E-state index in [1.807, 2.05) is 0 Å². The molecule has 17 heavy (non-hydrogen) atoms. The van der Waals surface area contributed by atoms with Crippen molar-refractivity contribution >= 4 is 5.97 Å². The van der Waals surface area contributed by atoms with E-state index in [1.54, 1.807) is 0 Å². The fraction of sp³-hybridized carbons (Fsp3) is 0.500. The number of methoxy groups -OCH3 is 1. The van der Waals surface area contributed by atoms with Crippen LogP contribution in [0.15, 0.2) is 24.3 Å². The quantitative estimate of drug-likeness (QED) is 0.768. The van der Waals surface area contributed by atoms with Gasteiger partial charge in [-0.25, -0.2) is 0 Å². The first-order valence-corrected chi connectivity index (χ1v) is 6.06. The van der Waals surface area contributed by atoms with E-state index < -0.39 is 0 Å². The van der Waals surface area contributed by atoms with Gasteiger partial charge in [0, 0.05) is 6.04 Å². The zero-order valence-corrected chi connectivity index (χ0v) is 10.6. The largest absolute Gasteiger partial charge is 0.469 e. The van der Waals surface area contributed by atoms with Gasteiger partial charge in [-0.1, -0.05) is 37.6 Å². The van der Waals surface area contributed by atoms with E-state index in [9.17, 15) is 4.79 Å². The molecule has 0 heterocycles. The average Bonchev–Trinajstić information content (AvgIpc) is 2.31. The van der Waals surface area contributed by atoms with Gasteiger partial charge in [0.05, 0.1) is 13.5 Å². The second-order valence-corrected chi connectivity index (χ2v) is 4.31. The maximum absolute atomic E-state index is 11.0. The highest BCUT2D eigenvalue weighted by Crippen LogP contribution is 2.09. The van der Waals surface area contributed by atoms with Gasteiger partial charge in [0.25, 0.3) is 0 Å². The maximum atomic E-state index is 11.0. The normalized spacial score (nSPS) is 12.2. The SMILES string of the molecule is CCCc1ccc(CC(N)CC(=O)OC)cc1. The Bertz CT molecular complexity index is 346. The van der Waals surface area contributed by atoms with Crippen LogP contribution >= 0.6 is 0 Å². The molecule has 2 N–H and O–H groups in total. The predicted octanol–water partition coefficient (Wildman–Crippen LogP) is 2.07. The Morgan fingerprint density at radius 3 is 2.41 bits per heavy atom. The molecule has 0 fully saturated rings. The molecule has 1 atom stereocenters. The summed E-state index contributed by atoms with van der Waals surface area (Å²) in [5, 5.41) is 0. The fourth-order valence-electron chi connectivity index (χ4n) is 1.80. The minimum absolute atomic E-state index is 0.167. The summed E-state index contributed by atoms with van der Waals surface area (Å²) in [6.45, 7) is 2.17. The summed E-state index contributed by atoms with van der Waals surface area (Å²) in [6, 6.07) is 8.26. The van der Waals surface area contributed by atoms with Crippen LogP contribution in [0.25, 0.3) is 0 Å². The standard InChI is InChI=1S/C14H21NO2/c1-3-4-11-5-7-12(8-6-11)9-13(15)10-14(16)17-2/h5-8,13H,3-4,9-10,15H2,1-2H3. The molecule has 3 nitrogen and oxygen atoms in total. The molecular formula is C14H21NO2. The molecule has 0 aliphatic heterocycles. The lowest BCUT2D eigenvalue weighted by molar-refractivity contribution is -0.140. The summed E-state index contributed by atoms with van der Waals surface area (Å²) < 4.78 is 4.59. The molecule has 0 saturated heterocycles.